The summed E-state index contributed by atoms with van der Waals surface area (Å²) in [6.07, 6.45) is 0. The first-order valence-electron chi connectivity index (χ1n) is 9.30. The minimum absolute atomic E-state index is 0.134. The number of carbonyl (C=O) groups is 1. The Labute approximate surface area is 174 Å². The van der Waals surface area contributed by atoms with Crippen molar-refractivity contribution >= 4 is 42.6 Å². The fourth-order valence-electron chi connectivity index (χ4n) is 3.23. The Hall–Kier alpha value is -2.33. The van der Waals surface area contributed by atoms with Crippen LogP contribution in [0.5, 0.6) is 0 Å². The predicted molar refractivity (Wildman–Crippen MR) is 115 cm³/mol. The van der Waals surface area contributed by atoms with E-state index in [1.54, 1.807) is 12.1 Å². The fourth-order valence-corrected chi connectivity index (χ4v) is 5.66. The molecule has 7 nitrogen and oxygen atoms in total. The lowest BCUT2D eigenvalue weighted by atomic mass is 10.2. The summed E-state index contributed by atoms with van der Waals surface area (Å²) in [7, 11) is -1.66. The van der Waals surface area contributed by atoms with Crippen molar-refractivity contribution in [1.82, 2.24) is 14.2 Å². The Bertz CT molecular complexity index is 1170. The zero-order chi connectivity index (χ0) is 20.6. The molecule has 0 atom stereocenters. The van der Waals surface area contributed by atoms with Crippen LogP contribution >= 0.6 is 11.3 Å². The van der Waals surface area contributed by atoms with E-state index >= 15 is 0 Å². The van der Waals surface area contributed by atoms with Gasteiger partial charge in [-0.05, 0) is 49.9 Å². The maximum absolute atomic E-state index is 12.9. The molecule has 29 heavy (non-hydrogen) atoms. The molecular formula is C20H22N4O3S2. The molecule has 4 rings (SSSR count). The first kappa shape index (κ1) is 20.0. The van der Waals surface area contributed by atoms with Gasteiger partial charge in [0, 0.05) is 31.7 Å². The molecule has 1 aliphatic rings. The normalized spacial score (nSPS) is 16.2. The van der Waals surface area contributed by atoms with Gasteiger partial charge in [0.1, 0.15) is 0 Å². The largest absolute Gasteiger partial charge is 0.304 e. The summed E-state index contributed by atoms with van der Waals surface area (Å²) in [6.45, 7) is 4.28. The van der Waals surface area contributed by atoms with Gasteiger partial charge in [0.15, 0.2) is 5.13 Å². The van der Waals surface area contributed by atoms with Gasteiger partial charge >= 0.3 is 0 Å². The van der Waals surface area contributed by atoms with Gasteiger partial charge in [-0.3, -0.25) is 10.1 Å². The lowest BCUT2D eigenvalue weighted by Gasteiger charge is -2.31. The maximum Gasteiger partial charge on any atom is 0.257 e. The van der Waals surface area contributed by atoms with Gasteiger partial charge in [-0.25, -0.2) is 13.4 Å². The second kappa shape index (κ2) is 7.83. The van der Waals surface area contributed by atoms with Crippen molar-refractivity contribution in [3.05, 3.63) is 53.6 Å². The Morgan fingerprint density at radius 2 is 1.86 bits per heavy atom. The summed E-state index contributed by atoms with van der Waals surface area (Å²) in [5, 5.41) is 3.27. The van der Waals surface area contributed by atoms with Crippen molar-refractivity contribution in [1.29, 1.82) is 0 Å². The van der Waals surface area contributed by atoms with E-state index in [4.69, 9.17) is 0 Å². The van der Waals surface area contributed by atoms with Crippen LogP contribution in [-0.4, -0.2) is 61.7 Å². The van der Waals surface area contributed by atoms with Gasteiger partial charge in [-0.1, -0.05) is 23.5 Å². The van der Waals surface area contributed by atoms with Crippen LogP contribution in [0.15, 0.2) is 47.4 Å². The molecule has 1 fully saturated rings. The Kier molecular flexibility index (Phi) is 5.39. The average Bonchev–Trinajstić information content (AvgIpc) is 3.09. The molecule has 0 bridgehead atoms. The quantitative estimate of drug-likeness (QED) is 0.688. The van der Waals surface area contributed by atoms with E-state index in [0.717, 1.165) is 15.8 Å². The van der Waals surface area contributed by atoms with E-state index in [1.807, 2.05) is 32.2 Å². The first-order chi connectivity index (χ1) is 13.8. The lowest BCUT2D eigenvalue weighted by Crippen LogP contribution is -2.47. The predicted octanol–water partition coefficient (Wildman–Crippen LogP) is 2.79. The number of rotatable bonds is 4. The van der Waals surface area contributed by atoms with Crippen LogP contribution in [0, 0.1) is 6.92 Å². The molecule has 2 heterocycles. The Morgan fingerprint density at radius 1 is 1.10 bits per heavy atom. The highest BCUT2D eigenvalue weighted by Gasteiger charge is 2.28. The Balaban J connectivity index is 1.55. The lowest BCUT2D eigenvalue weighted by molar-refractivity contribution is 0.102. The number of thiazole rings is 1. The minimum atomic E-state index is -3.63. The minimum Gasteiger partial charge on any atom is -0.304 e. The first-order valence-corrected chi connectivity index (χ1v) is 11.6. The summed E-state index contributed by atoms with van der Waals surface area (Å²) in [5.41, 5.74) is 2.23. The van der Waals surface area contributed by atoms with Crippen LogP contribution in [0.4, 0.5) is 5.13 Å². The standard InChI is InChI=1S/C20H22N4O3S2/c1-14-6-7-17-18(12-14)28-20(21-17)22-19(25)15-4-3-5-16(13-15)29(26,27)24-10-8-23(2)9-11-24/h3-7,12-13H,8-11H2,1-2H3,(H,21,22,25). The van der Waals surface area contributed by atoms with Gasteiger partial charge in [0.2, 0.25) is 10.0 Å². The molecular weight excluding hydrogens is 408 g/mol. The number of amides is 1. The molecule has 1 N–H and O–H groups in total. The monoisotopic (exact) mass is 430 g/mol. The zero-order valence-electron chi connectivity index (χ0n) is 16.3. The SMILES string of the molecule is Cc1ccc2nc(NC(=O)c3cccc(S(=O)(=O)N4CCN(C)CC4)c3)sc2c1. The highest BCUT2D eigenvalue weighted by molar-refractivity contribution is 7.89. The molecule has 0 radical (unpaired) electrons. The number of sulfonamides is 1. The molecule has 1 amide bonds. The van der Waals surface area contributed by atoms with Crippen LogP contribution in [-0.2, 0) is 10.0 Å². The number of benzene rings is 2. The van der Waals surface area contributed by atoms with Crippen molar-refractivity contribution in [3.8, 4) is 0 Å². The topological polar surface area (TPSA) is 82.6 Å². The number of fused-ring (bicyclic) bond motifs is 1. The summed E-state index contributed by atoms with van der Waals surface area (Å²) in [5.74, 6) is -0.379. The highest BCUT2D eigenvalue weighted by Crippen LogP contribution is 2.27. The second-order valence-corrected chi connectivity index (χ2v) is 10.1. The summed E-state index contributed by atoms with van der Waals surface area (Å²) in [6, 6.07) is 12.1. The maximum atomic E-state index is 12.9. The van der Waals surface area contributed by atoms with Crippen molar-refractivity contribution < 1.29 is 13.2 Å². The highest BCUT2D eigenvalue weighted by atomic mass is 32.2. The van der Waals surface area contributed by atoms with E-state index < -0.39 is 10.0 Å². The van der Waals surface area contributed by atoms with Gasteiger partial charge in [0.25, 0.3) is 5.91 Å². The van der Waals surface area contributed by atoms with Crippen LogP contribution in [0.25, 0.3) is 10.2 Å². The van der Waals surface area contributed by atoms with Crippen molar-refractivity contribution in [2.24, 2.45) is 0 Å². The number of aromatic nitrogens is 1. The van der Waals surface area contributed by atoms with Crippen molar-refractivity contribution in [3.63, 3.8) is 0 Å². The van der Waals surface area contributed by atoms with E-state index in [0.29, 0.717) is 31.3 Å². The third-order valence-corrected chi connectivity index (χ3v) is 7.79. The molecule has 9 heteroatoms. The molecule has 152 valence electrons. The molecule has 0 unspecified atom stereocenters. The third-order valence-electron chi connectivity index (χ3n) is 4.96. The number of carbonyl (C=O) groups excluding carboxylic acids is 1. The molecule has 3 aromatic rings. The number of piperazine rings is 1. The van der Waals surface area contributed by atoms with E-state index in [2.05, 4.69) is 15.2 Å². The number of nitrogens with one attached hydrogen (secondary N) is 1. The van der Waals surface area contributed by atoms with Gasteiger partial charge < -0.3 is 4.90 Å². The summed E-state index contributed by atoms with van der Waals surface area (Å²) < 4.78 is 28.3. The Morgan fingerprint density at radius 3 is 2.62 bits per heavy atom. The van der Waals surface area contributed by atoms with Crippen LogP contribution in [0.3, 0.4) is 0 Å². The fraction of sp³-hybridized carbons (Fsp3) is 0.300. The van der Waals surface area contributed by atoms with E-state index in [9.17, 15) is 13.2 Å². The van der Waals surface area contributed by atoms with Crippen molar-refractivity contribution in [2.45, 2.75) is 11.8 Å². The smallest absolute Gasteiger partial charge is 0.257 e. The van der Waals surface area contributed by atoms with Gasteiger partial charge in [-0.2, -0.15) is 4.31 Å². The van der Waals surface area contributed by atoms with Crippen LogP contribution < -0.4 is 5.32 Å². The number of aryl methyl sites for hydroxylation is 1. The molecule has 0 aliphatic carbocycles. The van der Waals surface area contributed by atoms with Crippen LogP contribution in [0.1, 0.15) is 15.9 Å². The third kappa shape index (κ3) is 4.18. The molecule has 2 aromatic carbocycles. The van der Waals surface area contributed by atoms with Gasteiger partial charge in [0.05, 0.1) is 15.1 Å². The van der Waals surface area contributed by atoms with E-state index in [-0.39, 0.29) is 16.4 Å². The van der Waals surface area contributed by atoms with Crippen molar-refractivity contribution in [2.75, 3.05) is 38.5 Å². The number of likely N-dealkylation sites (N-methyl/N-ethyl adjacent to an activating group) is 1. The molecule has 0 spiro atoms. The second-order valence-electron chi connectivity index (χ2n) is 7.18. The summed E-state index contributed by atoms with van der Waals surface area (Å²) in [4.78, 5) is 19.3. The molecule has 1 saturated heterocycles. The van der Waals surface area contributed by atoms with E-state index in [1.165, 1.54) is 27.8 Å². The molecule has 1 aliphatic heterocycles. The zero-order valence-corrected chi connectivity index (χ0v) is 17.9. The number of anilines is 1. The summed E-state index contributed by atoms with van der Waals surface area (Å²) >= 11 is 1.39. The number of nitrogens with zero attached hydrogens (tertiary/aromatic N) is 3. The van der Waals surface area contributed by atoms with Gasteiger partial charge in [-0.15, -0.1) is 0 Å². The molecule has 1 aromatic heterocycles. The van der Waals surface area contributed by atoms with Crippen LogP contribution in [0.2, 0.25) is 0 Å². The molecule has 0 saturated carbocycles. The average molecular weight is 431 g/mol. The number of hydrogen-bond donors (Lipinski definition) is 1. The number of hydrogen-bond acceptors (Lipinski definition) is 6.